The minimum Gasteiger partial charge on any atom is -0.495 e. The highest BCUT2D eigenvalue weighted by Crippen LogP contribution is 2.27. The van der Waals surface area contributed by atoms with Crippen molar-refractivity contribution in [2.24, 2.45) is 5.92 Å². The van der Waals surface area contributed by atoms with Crippen LogP contribution in [0.3, 0.4) is 0 Å². The summed E-state index contributed by atoms with van der Waals surface area (Å²) in [6.45, 7) is 10.9. The van der Waals surface area contributed by atoms with Crippen LogP contribution < -0.4 is 10.1 Å². The Hall–Kier alpha value is -1.50. The highest BCUT2D eigenvalue weighted by Gasteiger charge is 2.25. The number of urea groups is 1. The van der Waals surface area contributed by atoms with Crippen molar-refractivity contribution in [1.82, 2.24) is 14.7 Å². The maximum absolute atomic E-state index is 12.5. The van der Waals surface area contributed by atoms with Gasteiger partial charge in [-0.2, -0.15) is 0 Å². The maximum Gasteiger partial charge on any atom is 0.321 e. The third kappa shape index (κ3) is 5.50. The van der Waals surface area contributed by atoms with Gasteiger partial charge in [-0.15, -0.1) is 0 Å². The number of piperidine rings is 1. The molecule has 0 spiro atoms. The maximum atomic E-state index is 12.5. The summed E-state index contributed by atoms with van der Waals surface area (Å²) < 4.78 is 5.15. The minimum absolute atomic E-state index is 0.0498. The molecule has 2 heterocycles. The summed E-state index contributed by atoms with van der Waals surface area (Å²) in [6.07, 6.45) is 2.15. The zero-order valence-corrected chi connectivity index (χ0v) is 17.2. The summed E-state index contributed by atoms with van der Waals surface area (Å²) in [5.74, 6) is 1.30. The van der Waals surface area contributed by atoms with Gasteiger partial charge in [-0.3, -0.25) is 0 Å². The molecule has 2 amide bonds. The van der Waals surface area contributed by atoms with E-state index >= 15 is 0 Å². The number of amides is 2. The Morgan fingerprint density at radius 2 is 1.81 bits per heavy atom. The Kier molecular flexibility index (Phi) is 7.21. The van der Waals surface area contributed by atoms with Gasteiger partial charge in [0, 0.05) is 51.5 Å². The van der Waals surface area contributed by atoms with Crippen LogP contribution in [0, 0.1) is 5.92 Å². The Morgan fingerprint density at radius 1 is 1.15 bits per heavy atom. The van der Waals surface area contributed by atoms with Crippen molar-refractivity contribution >= 4 is 23.3 Å². The molecule has 2 fully saturated rings. The van der Waals surface area contributed by atoms with Crippen LogP contribution in [0.4, 0.5) is 10.5 Å². The highest BCUT2D eigenvalue weighted by atomic mass is 35.5. The van der Waals surface area contributed by atoms with E-state index < -0.39 is 0 Å². The number of hydrogen-bond donors (Lipinski definition) is 1. The number of piperazine rings is 1. The summed E-state index contributed by atoms with van der Waals surface area (Å²) in [6, 6.07) is 5.25. The molecule has 0 saturated carbocycles. The quantitative estimate of drug-likeness (QED) is 0.832. The number of likely N-dealkylation sites (tertiary alicyclic amines) is 1. The first-order chi connectivity index (χ1) is 13.1. The van der Waals surface area contributed by atoms with Crippen LogP contribution >= 0.6 is 11.6 Å². The van der Waals surface area contributed by atoms with E-state index in [9.17, 15) is 4.79 Å². The molecule has 1 N–H and O–H groups in total. The predicted octanol–water partition coefficient (Wildman–Crippen LogP) is 3.23. The molecular weight excluding hydrogens is 364 g/mol. The number of rotatable bonds is 5. The van der Waals surface area contributed by atoms with Gasteiger partial charge >= 0.3 is 6.03 Å². The summed E-state index contributed by atoms with van der Waals surface area (Å²) in [5.41, 5.74) is 0.696. The molecule has 6 nitrogen and oxygen atoms in total. The number of ether oxygens (including phenoxy) is 1. The standard InChI is InChI=1S/C20H31ClN4O2/c1-3-23-10-12-24(13-11-23)15-16-6-8-25(9-7-16)20(26)22-17-4-5-19(27-2)18(21)14-17/h4-5,14,16H,3,6-13,15H2,1-2H3,(H,22,26). The Balaban J connectivity index is 1.42. The van der Waals surface area contributed by atoms with Crippen LogP contribution in [0.1, 0.15) is 19.8 Å². The molecular formula is C20H31ClN4O2. The van der Waals surface area contributed by atoms with Gasteiger partial charge in [0.05, 0.1) is 12.1 Å². The van der Waals surface area contributed by atoms with Gasteiger partial charge in [0.25, 0.3) is 0 Å². The van der Waals surface area contributed by atoms with Gasteiger partial charge < -0.3 is 24.8 Å². The summed E-state index contributed by atoms with van der Waals surface area (Å²) in [5, 5.41) is 3.44. The van der Waals surface area contributed by atoms with E-state index in [1.165, 1.54) is 32.7 Å². The largest absolute Gasteiger partial charge is 0.495 e. The monoisotopic (exact) mass is 394 g/mol. The molecule has 2 aliphatic heterocycles. The first-order valence-electron chi connectivity index (χ1n) is 9.93. The van der Waals surface area contributed by atoms with E-state index in [-0.39, 0.29) is 6.03 Å². The smallest absolute Gasteiger partial charge is 0.321 e. The molecule has 0 atom stereocenters. The van der Waals surface area contributed by atoms with Crippen LogP contribution in [0.15, 0.2) is 18.2 Å². The number of halogens is 1. The molecule has 0 radical (unpaired) electrons. The first-order valence-corrected chi connectivity index (χ1v) is 10.3. The van der Waals surface area contributed by atoms with E-state index in [4.69, 9.17) is 16.3 Å². The molecule has 0 bridgehead atoms. The molecule has 3 rings (SSSR count). The fraction of sp³-hybridized carbons (Fsp3) is 0.650. The number of nitrogens with zero attached hydrogens (tertiary/aromatic N) is 3. The zero-order chi connectivity index (χ0) is 19.2. The summed E-state index contributed by atoms with van der Waals surface area (Å²) >= 11 is 6.13. The molecule has 2 aliphatic rings. The fourth-order valence-corrected chi connectivity index (χ4v) is 4.18. The molecule has 1 aromatic carbocycles. The SMILES string of the molecule is CCN1CCN(CC2CCN(C(=O)Nc3ccc(OC)c(Cl)c3)CC2)CC1. The molecule has 7 heteroatoms. The van der Waals surface area contributed by atoms with Gasteiger partial charge in [-0.05, 0) is 43.5 Å². The van der Waals surface area contributed by atoms with Gasteiger partial charge in [0.1, 0.15) is 5.75 Å². The van der Waals surface area contributed by atoms with Gasteiger partial charge in [0.15, 0.2) is 0 Å². The van der Waals surface area contributed by atoms with Gasteiger partial charge in [0.2, 0.25) is 0 Å². The number of carbonyl (C=O) groups is 1. The Labute approximate surface area is 167 Å². The number of carbonyl (C=O) groups excluding carboxylic acids is 1. The van der Waals surface area contributed by atoms with E-state index in [1.54, 1.807) is 19.2 Å². The molecule has 150 valence electrons. The fourth-order valence-electron chi connectivity index (χ4n) is 3.92. The summed E-state index contributed by atoms with van der Waals surface area (Å²) in [4.78, 5) is 19.5. The van der Waals surface area contributed by atoms with Crippen LogP contribution in [0.25, 0.3) is 0 Å². The predicted molar refractivity (Wildman–Crippen MR) is 110 cm³/mol. The van der Waals surface area contributed by atoms with Gasteiger partial charge in [-0.25, -0.2) is 4.79 Å². The van der Waals surface area contributed by atoms with Crippen LogP contribution in [-0.4, -0.2) is 80.2 Å². The second-order valence-corrected chi connectivity index (χ2v) is 7.85. The third-order valence-corrected chi connectivity index (χ3v) is 6.03. The Bertz CT molecular complexity index is 626. The zero-order valence-electron chi connectivity index (χ0n) is 16.4. The number of methoxy groups -OCH3 is 1. The molecule has 1 aromatic rings. The van der Waals surface area contributed by atoms with E-state index in [1.807, 2.05) is 11.0 Å². The lowest BCUT2D eigenvalue weighted by atomic mass is 9.96. The normalized spacial score (nSPS) is 19.9. The third-order valence-electron chi connectivity index (χ3n) is 5.73. The lowest BCUT2D eigenvalue weighted by Crippen LogP contribution is -2.49. The number of hydrogen-bond acceptors (Lipinski definition) is 4. The van der Waals surface area contributed by atoms with Gasteiger partial charge in [-0.1, -0.05) is 18.5 Å². The molecule has 0 unspecified atom stereocenters. The Morgan fingerprint density at radius 3 is 2.41 bits per heavy atom. The van der Waals surface area contributed by atoms with Crippen molar-refractivity contribution < 1.29 is 9.53 Å². The molecule has 0 aromatic heterocycles. The van der Waals surface area contributed by atoms with Crippen molar-refractivity contribution in [1.29, 1.82) is 0 Å². The van der Waals surface area contributed by atoms with Crippen LogP contribution in [0.5, 0.6) is 5.75 Å². The van der Waals surface area contributed by atoms with Crippen LogP contribution in [0.2, 0.25) is 5.02 Å². The lowest BCUT2D eigenvalue weighted by Gasteiger charge is -2.38. The first kappa shape index (κ1) is 20.2. The van der Waals surface area contributed by atoms with E-state index in [0.29, 0.717) is 22.4 Å². The van der Waals surface area contributed by atoms with E-state index in [2.05, 4.69) is 22.0 Å². The average Bonchev–Trinajstić information content (AvgIpc) is 2.69. The average molecular weight is 395 g/mol. The number of likely N-dealkylation sites (N-methyl/N-ethyl adjacent to an activating group) is 1. The molecule has 27 heavy (non-hydrogen) atoms. The van der Waals surface area contributed by atoms with Crippen molar-refractivity contribution in [3.8, 4) is 5.75 Å². The molecule has 0 aliphatic carbocycles. The number of benzene rings is 1. The van der Waals surface area contributed by atoms with Crippen molar-refractivity contribution in [3.05, 3.63) is 23.2 Å². The number of anilines is 1. The lowest BCUT2D eigenvalue weighted by molar-refractivity contribution is 0.104. The van der Waals surface area contributed by atoms with Crippen molar-refractivity contribution in [2.75, 3.05) is 64.8 Å². The minimum atomic E-state index is -0.0498. The topological polar surface area (TPSA) is 48.0 Å². The van der Waals surface area contributed by atoms with Crippen molar-refractivity contribution in [3.63, 3.8) is 0 Å². The number of nitrogens with one attached hydrogen (secondary N) is 1. The van der Waals surface area contributed by atoms with Crippen molar-refractivity contribution in [2.45, 2.75) is 19.8 Å². The second-order valence-electron chi connectivity index (χ2n) is 7.44. The van der Waals surface area contributed by atoms with Crippen LogP contribution in [-0.2, 0) is 0 Å². The second kappa shape index (κ2) is 9.62. The molecule has 2 saturated heterocycles. The highest BCUT2D eigenvalue weighted by molar-refractivity contribution is 6.32. The van der Waals surface area contributed by atoms with E-state index in [0.717, 1.165) is 32.5 Å². The summed E-state index contributed by atoms with van der Waals surface area (Å²) in [7, 11) is 1.58.